The molecule has 0 saturated heterocycles. The second-order valence-electron chi connectivity index (χ2n) is 5.08. The van der Waals surface area contributed by atoms with Crippen LogP contribution in [0.15, 0.2) is 58.3 Å². The number of halogens is 2. The predicted octanol–water partition coefficient (Wildman–Crippen LogP) is 2.60. The van der Waals surface area contributed by atoms with Crippen molar-refractivity contribution in [2.45, 2.75) is 15.9 Å². The number of hydrogen-bond donors (Lipinski definition) is 1. The van der Waals surface area contributed by atoms with E-state index in [0.717, 1.165) is 0 Å². The second kappa shape index (κ2) is 7.41. The standard InChI is InChI=1S/C15H14Cl2O5S2/c16-13-7-4-8-14(15(13)17)24(21,22)10-11(18)9-23(19,20)12-5-2-1-3-6-12/h1-8,11,18H,9-10H2. The molecule has 0 spiro atoms. The Bertz CT molecular complexity index is 926. The molecule has 0 heterocycles. The van der Waals surface area contributed by atoms with E-state index < -0.39 is 37.3 Å². The average molecular weight is 409 g/mol. The molecule has 9 heteroatoms. The summed E-state index contributed by atoms with van der Waals surface area (Å²) in [4.78, 5) is -0.227. The molecule has 2 aromatic carbocycles. The van der Waals surface area contributed by atoms with Gasteiger partial charge in [-0.15, -0.1) is 0 Å². The molecule has 0 aliphatic carbocycles. The lowest BCUT2D eigenvalue weighted by atomic mass is 10.4. The zero-order chi connectivity index (χ0) is 18.0. The first-order valence-corrected chi connectivity index (χ1v) is 10.8. The van der Waals surface area contributed by atoms with Gasteiger partial charge in [0.1, 0.15) is 0 Å². The van der Waals surface area contributed by atoms with Gasteiger partial charge in [0.25, 0.3) is 0 Å². The fraction of sp³-hybridized carbons (Fsp3) is 0.200. The summed E-state index contributed by atoms with van der Waals surface area (Å²) in [7, 11) is -7.80. The van der Waals surface area contributed by atoms with Gasteiger partial charge in [-0.25, -0.2) is 16.8 Å². The fourth-order valence-electron chi connectivity index (χ4n) is 2.09. The topological polar surface area (TPSA) is 88.5 Å². The lowest BCUT2D eigenvalue weighted by Crippen LogP contribution is -2.29. The maximum atomic E-state index is 12.3. The van der Waals surface area contributed by atoms with E-state index in [0.29, 0.717) is 0 Å². The van der Waals surface area contributed by atoms with Gasteiger partial charge in [0, 0.05) is 0 Å². The van der Waals surface area contributed by atoms with Crippen molar-refractivity contribution in [2.75, 3.05) is 11.5 Å². The monoisotopic (exact) mass is 408 g/mol. The lowest BCUT2D eigenvalue weighted by molar-refractivity contribution is 0.220. The summed E-state index contributed by atoms with van der Waals surface area (Å²) in [6.45, 7) is 0. The van der Waals surface area contributed by atoms with Crippen molar-refractivity contribution in [2.24, 2.45) is 0 Å². The molecule has 0 aliphatic rings. The SMILES string of the molecule is O=S(=O)(CC(O)CS(=O)(=O)c1cccc(Cl)c1Cl)c1ccccc1. The predicted molar refractivity (Wildman–Crippen MR) is 93.0 cm³/mol. The molecule has 0 amide bonds. The van der Waals surface area contributed by atoms with Crippen LogP contribution in [0.3, 0.4) is 0 Å². The Morgan fingerprint density at radius 3 is 2.04 bits per heavy atom. The number of rotatable bonds is 6. The molecule has 2 rings (SSSR count). The molecule has 0 aromatic heterocycles. The highest BCUT2D eigenvalue weighted by Gasteiger charge is 2.27. The van der Waals surface area contributed by atoms with Gasteiger partial charge in [-0.3, -0.25) is 0 Å². The van der Waals surface area contributed by atoms with Crippen molar-refractivity contribution in [1.82, 2.24) is 0 Å². The number of benzene rings is 2. The van der Waals surface area contributed by atoms with Gasteiger partial charge >= 0.3 is 0 Å². The summed E-state index contributed by atoms with van der Waals surface area (Å²) in [5.41, 5.74) is 0. The minimum Gasteiger partial charge on any atom is -0.391 e. The smallest absolute Gasteiger partial charge is 0.182 e. The Morgan fingerprint density at radius 2 is 1.42 bits per heavy atom. The molecule has 0 radical (unpaired) electrons. The van der Waals surface area contributed by atoms with E-state index in [2.05, 4.69) is 0 Å². The van der Waals surface area contributed by atoms with E-state index >= 15 is 0 Å². The van der Waals surface area contributed by atoms with Crippen LogP contribution in [0.1, 0.15) is 0 Å². The number of aliphatic hydroxyl groups is 1. The molecule has 24 heavy (non-hydrogen) atoms. The molecule has 0 bridgehead atoms. The molecule has 2 aromatic rings. The first kappa shape index (κ1) is 19.2. The van der Waals surface area contributed by atoms with Gasteiger partial charge < -0.3 is 5.11 Å². The highest BCUT2D eigenvalue weighted by Crippen LogP contribution is 2.30. The lowest BCUT2D eigenvalue weighted by Gasteiger charge is -2.13. The van der Waals surface area contributed by atoms with Crippen LogP contribution in [0.2, 0.25) is 10.0 Å². The van der Waals surface area contributed by atoms with Crippen LogP contribution >= 0.6 is 23.2 Å². The third-order valence-electron chi connectivity index (χ3n) is 3.18. The number of sulfone groups is 2. The van der Waals surface area contributed by atoms with Crippen molar-refractivity contribution in [3.63, 3.8) is 0 Å². The van der Waals surface area contributed by atoms with Crippen molar-refractivity contribution in [3.8, 4) is 0 Å². The van der Waals surface area contributed by atoms with E-state index in [-0.39, 0.29) is 19.8 Å². The molecule has 5 nitrogen and oxygen atoms in total. The van der Waals surface area contributed by atoms with Crippen molar-refractivity contribution in [3.05, 3.63) is 58.6 Å². The fourth-order valence-corrected chi connectivity index (χ4v) is 5.81. The van der Waals surface area contributed by atoms with Crippen LogP contribution in [0.5, 0.6) is 0 Å². The van der Waals surface area contributed by atoms with E-state index in [4.69, 9.17) is 23.2 Å². The van der Waals surface area contributed by atoms with Gasteiger partial charge in [-0.2, -0.15) is 0 Å². The van der Waals surface area contributed by atoms with Crippen LogP contribution < -0.4 is 0 Å². The normalized spacial score (nSPS) is 13.6. The molecule has 130 valence electrons. The van der Waals surface area contributed by atoms with E-state index in [1.807, 2.05) is 0 Å². The van der Waals surface area contributed by atoms with Crippen molar-refractivity contribution >= 4 is 42.9 Å². The zero-order valence-corrected chi connectivity index (χ0v) is 15.4. The highest BCUT2D eigenvalue weighted by molar-refractivity contribution is 7.92. The Hall–Kier alpha value is -1.12. The van der Waals surface area contributed by atoms with Crippen LogP contribution in [0.25, 0.3) is 0 Å². The zero-order valence-electron chi connectivity index (χ0n) is 12.3. The Morgan fingerprint density at radius 1 is 0.833 bits per heavy atom. The molecular weight excluding hydrogens is 395 g/mol. The molecule has 0 aliphatic heterocycles. The summed E-state index contributed by atoms with van der Waals surface area (Å²) < 4.78 is 49.0. The first-order chi connectivity index (χ1) is 11.1. The minimum absolute atomic E-state index is 0.0160. The summed E-state index contributed by atoms with van der Waals surface area (Å²) >= 11 is 11.7. The van der Waals surface area contributed by atoms with Gasteiger partial charge in [0.2, 0.25) is 0 Å². The summed E-state index contributed by atoms with van der Waals surface area (Å²) in [5.74, 6) is -1.49. The Labute approximate surface area is 150 Å². The molecule has 0 fully saturated rings. The third-order valence-corrected chi connectivity index (χ3v) is 7.76. The third kappa shape index (κ3) is 4.49. The van der Waals surface area contributed by atoms with Crippen LogP contribution in [-0.4, -0.2) is 39.6 Å². The molecule has 1 atom stereocenters. The van der Waals surface area contributed by atoms with E-state index in [9.17, 15) is 21.9 Å². The molecule has 0 saturated carbocycles. The van der Waals surface area contributed by atoms with Crippen LogP contribution in [0.4, 0.5) is 0 Å². The summed E-state index contributed by atoms with van der Waals surface area (Å²) in [6.07, 6.45) is -1.60. The van der Waals surface area contributed by atoms with Crippen molar-refractivity contribution < 1.29 is 21.9 Å². The van der Waals surface area contributed by atoms with Crippen molar-refractivity contribution in [1.29, 1.82) is 0 Å². The average Bonchev–Trinajstić information content (AvgIpc) is 2.49. The van der Waals surface area contributed by atoms with Gasteiger partial charge in [-0.1, -0.05) is 47.5 Å². The molecule has 1 N–H and O–H groups in total. The maximum absolute atomic E-state index is 12.3. The maximum Gasteiger partial charge on any atom is 0.182 e. The van der Waals surface area contributed by atoms with Gasteiger partial charge in [0.05, 0.1) is 37.4 Å². The quantitative estimate of drug-likeness (QED) is 0.793. The largest absolute Gasteiger partial charge is 0.391 e. The number of aliphatic hydroxyl groups excluding tert-OH is 1. The second-order valence-corrected chi connectivity index (χ2v) is 9.90. The molecular formula is C15H14Cl2O5S2. The Balaban J connectivity index is 2.20. The first-order valence-electron chi connectivity index (χ1n) is 6.76. The molecule has 1 unspecified atom stereocenters. The van der Waals surface area contributed by atoms with Gasteiger partial charge in [0.15, 0.2) is 19.7 Å². The number of hydrogen-bond acceptors (Lipinski definition) is 5. The summed E-state index contributed by atoms with van der Waals surface area (Å²) in [5, 5.41) is 9.87. The summed E-state index contributed by atoms with van der Waals surface area (Å²) in [6, 6.07) is 11.6. The Kier molecular flexibility index (Phi) is 5.93. The van der Waals surface area contributed by atoms with Gasteiger partial charge in [-0.05, 0) is 24.3 Å². The van der Waals surface area contributed by atoms with Crippen LogP contribution in [0, 0.1) is 0 Å². The van der Waals surface area contributed by atoms with E-state index in [1.54, 1.807) is 18.2 Å². The minimum atomic E-state index is -4.00. The highest BCUT2D eigenvalue weighted by atomic mass is 35.5. The van der Waals surface area contributed by atoms with Crippen LogP contribution in [-0.2, 0) is 19.7 Å². The van der Waals surface area contributed by atoms with E-state index in [1.165, 1.54) is 30.3 Å².